The van der Waals surface area contributed by atoms with Crippen LogP contribution in [0.3, 0.4) is 0 Å². The number of hydrogen-bond donors (Lipinski definition) is 3. The number of nitrogens with two attached hydrogens (primary N) is 1. The number of carbonyl (C=O) groups excluding carboxylic acids is 1. The van der Waals surface area contributed by atoms with Crippen LogP contribution in [-0.2, 0) is 14.4 Å². The summed E-state index contributed by atoms with van der Waals surface area (Å²) in [5, 5.41) is 18.3. The number of allylic oxidation sites excluding steroid dienone is 1. The molecule has 1 aliphatic rings. The van der Waals surface area contributed by atoms with E-state index in [0.29, 0.717) is 0 Å². The number of rotatable bonds is 4. The third-order valence-electron chi connectivity index (χ3n) is 3.28. The Morgan fingerprint density at radius 3 is 2.27 bits per heavy atom. The van der Waals surface area contributed by atoms with Crippen molar-refractivity contribution in [1.82, 2.24) is 0 Å². The molecule has 0 bridgehead atoms. The van der Waals surface area contributed by atoms with Crippen LogP contribution in [-0.4, -0.2) is 28.1 Å². The Hall–Kier alpha value is -3.09. The van der Waals surface area contributed by atoms with Gasteiger partial charge in [0, 0.05) is 12.1 Å². The van der Waals surface area contributed by atoms with Gasteiger partial charge in [-0.15, -0.1) is 0 Å². The first-order valence-corrected chi connectivity index (χ1v) is 6.28. The van der Waals surface area contributed by atoms with Gasteiger partial charge in [-0.3, -0.25) is 9.59 Å². The molecule has 0 saturated carbocycles. The molecular weight excluding hydrogens is 290 g/mol. The van der Waals surface area contributed by atoms with E-state index < -0.39 is 29.7 Å². The number of aliphatic carboxylic acids is 2. The Balaban J connectivity index is 2.32. The first kappa shape index (κ1) is 15.3. The molecule has 4 N–H and O–H groups in total. The molecule has 1 aromatic rings. The van der Waals surface area contributed by atoms with Crippen LogP contribution >= 0.6 is 0 Å². The van der Waals surface area contributed by atoms with Gasteiger partial charge in [-0.2, -0.15) is 0 Å². The van der Waals surface area contributed by atoms with Crippen molar-refractivity contribution in [2.45, 2.75) is 6.42 Å². The fourth-order valence-electron chi connectivity index (χ4n) is 2.06. The van der Waals surface area contributed by atoms with Crippen LogP contribution < -0.4 is 10.5 Å². The minimum Gasteiger partial charge on any atom is -0.480 e. The molecule has 0 radical (unpaired) electrons. The lowest BCUT2D eigenvalue weighted by Gasteiger charge is -2.27. The molecule has 114 valence electrons. The molecule has 0 fully saturated rings. The van der Waals surface area contributed by atoms with Crippen LogP contribution in [0.1, 0.15) is 6.42 Å². The lowest BCUT2D eigenvalue weighted by atomic mass is 9.78. The van der Waals surface area contributed by atoms with Gasteiger partial charge >= 0.3 is 17.9 Å². The Bertz CT molecular complexity index is 691. The highest BCUT2D eigenvalue weighted by molar-refractivity contribution is 6.04. The standard InChI is InChI=1S/C15H13NO6/c16-11-8-15(13(19)20,7-6-10(11)12(17)18)14(21)22-9-4-2-1-3-5-9/h1-7H,8,16H2,(H,17,18)(H,19,20). The van der Waals surface area contributed by atoms with Crippen LogP contribution in [0, 0.1) is 5.41 Å². The smallest absolute Gasteiger partial charge is 0.337 e. The normalized spacial score (nSPS) is 20.5. The summed E-state index contributed by atoms with van der Waals surface area (Å²) in [5.74, 6) is -3.59. The van der Waals surface area contributed by atoms with Crippen LogP contribution in [0.25, 0.3) is 0 Å². The highest BCUT2D eigenvalue weighted by atomic mass is 16.5. The molecule has 1 atom stereocenters. The lowest BCUT2D eigenvalue weighted by molar-refractivity contribution is -0.159. The van der Waals surface area contributed by atoms with Crippen LogP contribution in [0.5, 0.6) is 5.75 Å². The highest BCUT2D eigenvalue weighted by Crippen LogP contribution is 2.35. The molecule has 1 aliphatic carbocycles. The molecule has 7 heteroatoms. The molecule has 0 amide bonds. The number of benzene rings is 1. The first-order valence-electron chi connectivity index (χ1n) is 6.28. The summed E-state index contributed by atoms with van der Waals surface area (Å²) < 4.78 is 5.07. The molecule has 1 aromatic carbocycles. The molecule has 1 unspecified atom stereocenters. The van der Waals surface area contributed by atoms with Gasteiger partial charge in [0.25, 0.3) is 0 Å². The van der Waals surface area contributed by atoms with Crippen molar-refractivity contribution in [3.63, 3.8) is 0 Å². The largest absolute Gasteiger partial charge is 0.480 e. The number of carbonyl (C=O) groups is 3. The maximum absolute atomic E-state index is 12.3. The number of carboxylic acids is 2. The maximum Gasteiger partial charge on any atom is 0.337 e. The average Bonchev–Trinajstić information content (AvgIpc) is 2.47. The lowest BCUT2D eigenvalue weighted by Crippen LogP contribution is -2.43. The minimum atomic E-state index is -2.04. The zero-order chi connectivity index (χ0) is 16.3. The van der Waals surface area contributed by atoms with Crippen molar-refractivity contribution in [2.24, 2.45) is 11.1 Å². The zero-order valence-electron chi connectivity index (χ0n) is 11.4. The van der Waals surface area contributed by atoms with E-state index in [-0.39, 0.29) is 17.0 Å². The van der Waals surface area contributed by atoms with Gasteiger partial charge in [0.05, 0.1) is 5.57 Å². The summed E-state index contributed by atoms with van der Waals surface area (Å²) in [4.78, 5) is 34.8. The van der Waals surface area contributed by atoms with Gasteiger partial charge in [-0.25, -0.2) is 4.79 Å². The van der Waals surface area contributed by atoms with Crippen LogP contribution in [0.4, 0.5) is 0 Å². The SMILES string of the molecule is NC1=C(C(=O)O)C=CC(C(=O)O)(C(=O)Oc2ccccc2)C1. The van der Waals surface area contributed by atoms with Crippen molar-refractivity contribution in [3.8, 4) is 5.75 Å². The van der Waals surface area contributed by atoms with E-state index in [1.807, 2.05) is 0 Å². The van der Waals surface area contributed by atoms with Gasteiger partial charge in [0.15, 0.2) is 5.41 Å². The Labute approximate surface area is 125 Å². The summed E-state index contributed by atoms with van der Waals surface area (Å²) in [7, 11) is 0. The summed E-state index contributed by atoms with van der Waals surface area (Å²) >= 11 is 0. The first-order chi connectivity index (χ1) is 10.4. The molecule has 0 heterocycles. The van der Waals surface area contributed by atoms with Gasteiger partial charge in [0.1, 0.15) is 5.75 Å². The van der Waals surface area contributed by atoms with E-state index in [4.69, 9.17) is 15.6 Å². The fourth-order valence-corrected chi connectivity index (χ4v) is 2.06. The van der Waals surface area contributed by atoms with Crippen molar-refractivity contribution in [2.75, 3.05) is 0 Å². The number of esters is 1. The van der Waals surface area contributed by atoms with E-state index in [9.17, 15) is 19.5 Å². The number of ether oxygens (including phenoxy) is 1. The van der Waals surface area contributed by atoms with Crippen molar-refractivity contribution >= 4 is 17.9 Å². The quantitative estimate of drug-likeness (QED) is 0.429. The van der Waals surface area contributed by atoms with Gasteiger partial charge < -0.3 is 20.7 Å². The summed E-state index contributed by atoms with van der Waals surface area (Å²) in [6.45, 7) is 0. The Kier molecular flexibility index (Phi) is 3.98. The van der Waals surface area contributed by atoms with Crippen molar-refractivity contribution in [1.29, 1.82) is 0 Å². The summed E-state index contributed by atoms with van der Waals surface area (Å²) in [6.07, 6.45) is 1.55. The predicted octanol–water partition coefficient (Wildman–Crippen LogP) is 0.920. The molecule has 2 rings (SSSR count). The van der Waals surface area contributed by atoms with Gasteiger partial charge in [0.2, 0.25) is 0 Å². The van der Waals surface area contributed by atoms with E-state index in [1.165, 1.54) is 12.1 Å². The highest BCUT2D eigenvalue weighted by Gasteiger charge is 2.48. The second-order valence-corrected chi connectivity index (χ2v) is 4.73. The molecule has 0 spiro atoms. The van der Waals surface area contributed by atoms with E-state index in [2.05, 4.69) is 0 Å². The molecular formula is C15H13NO6. The van der Waals surface area contributed by atoms with Crippen molar-refractivity contribution < 1.29 is 29.3 Å². The average molecular weight is 303 g/mol. The van der Waals surface area contributed by atoms with Gasteiger partial charge in [-0.1, -0.05) is 24.3 Å². The third kappa shape index (κ3) is 2.69. The van der Waals surface area contributed by atoms with E-state index in [1.54, 1.807) is 18.2 Å². The monoisotopic (exact) mass is 303 g/mol. The molecule has 0 aliphatic heterocycles. The molecule has 22 heavy (non-hydrogen) atoms. The van der Waals surface area contributed by atoms with Crippen molar-refractivity contribution in [3.05, 3.63) is 53.8 Å². The van der Waals surface area contributed by atoms with Crippen LogP contribution in [0.2, 0.25) is 0 Å². The number of para-hydroxylation sites is 1. The molecule has 0 saturated heterocycles. The Morgan fingerprint density at radius 1 is 1.14 bits per heavy atom. The minimum absolute atomic E-state index is 0.188. The number of carboxylic acid groups (broad SMARTS) is 2. The fraction of sp³-hybridized carbons (Fsp3) is 0.133. The second kappa shape index (κ2) is 5.72. The summed E-state index contributed by atoms with van der Waals surface area (Å²) in [6, 6.07) is 7.97. The maximum atomic E-state index is 12.3. The summed E-state index contributed by atoms with van der Waals surface area (Å²) in [5.41, 5.74) is 3.13. The molecule has 7 nitrogen and oxygen atoms in total. The number of hydrogen-bond acceptors (Lipinski definition) is 5. The zero-order valence-corrected chi connectivity index (χ0v) is 11.4. The molecule has 0 aromatic heterocycles. The third-order valence-corrected chi connectivity index (χ3v) is 3.28. The van der Waals surface area contributed by atoms with E-state index >= 15 is 0 Å². The second-order valence-electron chi connectivity index (χ2n) is 4.73. The Morgan fingerprint density at radius 2 is 1.77 bits per heavy atom. The topological polar surface area (TPSA) is 127 Å². The van der Waals surface area contributed by atoms with Crippen LogP contribution in [0.15, 0.2) is 53.8 Å². The van der Waals surface area contributed by atoms with Gasteiger partial charge in [-0.05, 0) is 18.2 Å². The predicted molar refractivity (Wildman–Crippen MR) is 74.8 cm³/mol. The van der Waals surface area contributed by atoms with E-state index in [0.717, 1.165) is 12.2 Å².